The van der Waals surface area contributed by atoms with Gasteiger partial charge in [-0.3, -0.25) is 0 Å². The molecule has 1 N–H and O–H groups in total. The molecule has 2 aromatic carbocycles. The van der Waals surface area contributed by atoms with E-state index in [1.165, 1.54) is 5.56 Å². The van der Waals surface area contributed by atoms with Crippen molar-refractivity contribution in [2.45, 2.75) is 25.0 Å². The summed E-state index contributed by atoms with van der Waals surface area (Å²) in [6.07, 6.45) is 0.534. The SMILES string of the molecule is COCO[C@@H](c1ccccc1)[C@@H](O)CCc1ccccc1. The molecule has 0 radical (unpaired) electrons. The quantitative estimate of drug-likeness (QED) is 0.756. The molecule has 0 spiro atoms. The molecule has 0 fully saturated rings. The van der Waals surface area contributed by atoms with E-state index in [-0.39, 0.29) is 12.9 Å². The highest BCUT2D eigenvalue weighted by atomic mass is 16.7. The number of rotatable bonds is 8. The van der Waals surface area contributed by atoms with Gasteiger partial charge in [-0.15, -0.1) is 0 Å². The first kappa shape index (κ1) is 15.7. The number of aryl methyl sites for hydroxylation is 1. The van der Waals surface area contributed by atoms with Gasteiger partial charge in [0.2, 0.25) is 0 Å². The van der Waals surface area contributed by atoms with Crippen LogP contribution in [0.4, 0.5) is 0 Å². The third kappa shape index (κ3) is 4.97. The van der Waals surface area contributed by atoms with Gasteiger partial charge in [0.05, 0.1) is 6.10 Å². The molecule has 3 nitrogen and oxygen atoms in total. The van der Waals surface area contributed by atoms with E-state index in [2.05, 4.69) is 12.1 Å². The average molecular weight is 286 g/mol. The second kappa shape index (κ2) is 8.57. The summed E-state index contributed by atoms with van der Waals surface area (Å²) >= 11 is 0. The Morgan fingerprint density at radius 1 is 0.952 bits per heavy atom. The van der Waals surface area contributed by atoms with Gasteiger partial charge in [-0.05, 0) is 24.0 Å². The number of ether oxygens (including phenoxy) is 2. The van der Waals surface area contributed by atoms with Crippen molar-refractivity contribution in [2.75, 3.05) is 13.9 Å². The zero-order chi connectivity index (χ0) is 14.9. The smallest absolute Gasteiger partial charge is 0.147 e. The molecule has 2 atom stereocenters. The molecule has 0 saturated heterocycles. The third-order valence-corrected chi connectivity index (χ3v) is 3.41. The molecule has 21 heavy (non-hydrogen) atoms. The first-order valence-electron chi connectivity index (χ1n) is 7.18. The summed E-state index contributed by atoms with van der Waals surface area (Å²) in [6, 6.07) is 19.9. The molecule has 0 aliphatic carbocycles. The molecular formula is C18H22O3. The first-order valence-corrected chi connectivity index (χ1v) is 7.18. The lowest BCUT2D eigenvalue weighted by Gasteiger charge is -2.23. The molecule has 2 aromatic rings. The number of aliphatic hydroxyl groups excluding tert-OH is 1. The fraction of sp³-hybridized carbons (Fsp3) is 0.333. The standard InChI is InChI=1S/C18H22O3/c1-20-14-21-18(16-10-6-3-7-11-16)17(19)13-12-15-8-4-2-5-9-15/h2-11,17-19H,12-14H2,1H3/t17-,18-/m0/s1. The van der Waals surface area contributed by atoms with Crippen LogP contribution in [-0.2, 0) is 15.9 Å². The van der Waals surface area contributed by atoms with Gasteiger partial charge in [-0.25, -0.2) is 0 Å². The van der Waals surface area contributed by atoms with Crippen molar-refractivity contribution in [3.05, 3.63) is 71.8 Å². The Labute approximate surface area is 126 Å². The molecule has 0 saturated carbocycles. The van der Waals surface area contributed by atoms with Gasteiger partial charge in [0.1, 0.15) is 12.9 Å². The van der Waals surface area contributed by atoms with Crippen LogP contribution in [0.25, 0.3) is 0 Å². The Balaban J connectivity index is 1.99. The summed E-state index contributed by atoms with van der Waals surface area (Å²) in [5.41, 5.74) is 2.19. The summed E-state index contributed by atoms with van der Waals surface area (Å²) in [4.78, 5) is 0. The van der Waals surface area contributed by atoms with E-state index in [9.17, 15) is 5.11 Å². The van der Waals surface area contributed by atoms with Crippen molar-refractivity contribution >= 4 is 0 Å². The highest BCUT2D eigenvalue weighted by Crippen LogP contribution is 2.24. The summed E-state index contributed by atoms with van der Waals surface area (Å²) < 4.78 is 10.6. The minimum Gasteiger partial charge on any atom is -0.390 e. The van der Waals surface area contributed by atoms with Crippen LogP contribution in [0.1, 0.15) is 23.7 Å². The molecule has 0 aromatic heterocycles. The predicted molar refractivity (Wildman–Crippen MR) is 82.9 cm³/mol. The number of benzene rings is 2. The van der Waals surface area contributed by atoms with E-state index in [0.29, 0.717) is 6.42 Å². The van der Waals surface area contributed by atoms with E-state index < -0.39 is 6.10 Å². The lowest BCUT2D eigenvalue weighted by atomic mass is 9.98. The summed E-state index contributed by atoms with van der Waals surface area (Å²) in [5.74, 6) is 0. The number of hydrogen-bond donors (Lipinski definition) is 1. The van der Waals surface area contributed by atoms with Gasteiger partial charge in [0.15, 0.2) is 0 Å². The van der Waals surface area contributed by atoms with Crippen molar-refractivity contribution in [3.8, 4) is 0 Å². The van der Waals surface area contributed by atoms with Crippen molar-refractivity contribution in [2.24, 2.45) is 0 Å². The second-order valence-electron chi connectivity index (χ2n) is 5.00. The Kier molecular flexibility index (Phi) is 6.41. The van der Waals surface area contributed by atoms with Crippen molar-refractivity contribution in [3.63, 3.8) is 0 Å². The Bertz CT molecular complexity index is 498. The predicted octanol–water partition coefficient (Wildman–Crippen LogP) is 3.34. The maximum Gasteiger partial charge on any atom is 0.147 e. The monoisotopic (exact) mass is 286 g/mol. The summed E-state index contributed by atoms with van der Waals surface area (Å²) in [7, 11) is 1.58. The molecule has 0 bridgehead atoms. The van der Waals surface area contributed by atoms with Gasteiger partial charge >= 0.3 is 0 Å². The molecule has 0 aliphatic heterocycles. The molecule has 0 amide bonds. The van der Waals surface area contributed by atoms with Crippen LogP contribution in [0.3, 0.4) is 0 Å². The summed E-state index contributed by atoms with van der Waals surface area (Å²) in [5, 5.41) is 10.5. The average Bonchev–Trinajstić information content (AvgIpc) is 2.55. The van der Waals surface area contributed by atoms with Crippen molar-refractivity contribution in [1.82, 2.24) is 0 Å². The third-order valence-electron chi connectivity index (χ3n) is 3.41. The maximum absolute atomic E-state index is 10.5. The van der Waals surface area contributed by atoms with Gasteiger partial charge < -0.3 is 14.6 Å². The van der Waals surface area contributed by atoms with Crippen LogP contribution in [0.5, 0.6) is 0 Å². The zero-order valence-electron chi connectivity index (χ0n) is 12.3. The van der Waals surface area contributed by atoms with Crippen LogP contribution >= 0.6 is 0 Å². The van der Waals surface area contributed by atoms with E-state index in [0.717, 1.165) is 12.0 Å². The van der Waals surface area contributed by atoms with Gasteiger partial charge in [-0.1, -0.05) is 60.7 Å². The lowest BCUT2D eigenvalue weighted by Crippen LogP contribution is -2.23. The van der Waals surface area contributed by atoms with Crippen LogP contribution in [0, 0.1) is 0 Å². The van der Waals surface area contributed by atoms with Gasteiger partial charge in [0, 0.05) is 7.11 Å². The normalized spacial score (nSPS) is 13.8. The Hall–Kier alpha value is -1.68. The summed E-state index contributed by atoms with van der Waals surface area (Å²) in [6.45, 7) is 0.169. The van der Waals surface area contributed by atoms with Crippen molar-refractivity contribution < 1.29 is 14.6 Å². The zero-order valence-corrected chi connectivity index (χ0v) is 12.3. The molecule has 0 heterocycles. The van der Waals surface area contributed by atoms with Crippen LogP contribution in [0.15, 0.2) is 60.7 Å². The molecule has 3 heteroatoms. The maximum atomic E-state index is 10.5. The Morgan fingerprint density at radius 3 is 2.19 bits per heavy atom. The molecule has 0 unspecified atom stereocenters. The fourth-order valence-electron chi connectivity index (χ4n) is 2.32. The topological polar surface area (TPSA) is 38.7 Å². The number of hydrogen-bond acceptors (Lipinski definition) is 3. The van der Waals surface area contributed by atoms with E-state index in [4.69, 9.17) is 9.47 Å². The minimum absolute atomic E-state index is 0.169. The minimum atomic E-state index is -0.567. The van der Waals surface area contributed by atoms with Gasteiger partial charge in [-0.2, -0.15) is 0 Å². The largest absolute Gasteiger partial charge is 0.390 e. The van der Waals surface area contributed by atoms with E-state index >= 15 is 0 Å². The first-order chi connectivity index (χ1) is 10.3. The second-order valence-corrected chi connectivity index (χ2v) is 5.00. The highest BCUT2D eigenvalue weighted by Gasteiger charge is 2.21. The highest BCUT2D eigenvalue weighted by molar-refractivity contribution is 5.19. The van der Waals surface area contributed by atoms with Crippen LogP contribution in [-0.4, -0.2) is 25.1 Å². The van der Waals surface area contributed by atoms with E-state index in [1.54, 1.807) is 7.11 Å². The van der Waals surface area contributed by atoms with E-state index in [1.807, 2.05) is 48.5 Å². The number of aliphatic hydroxyl groups is 1. The molecule has 112 valence electrons. The Morgan fingerprint density at radius 2 is 1.57 bits per heavy atom. The lowest BCUT2D eigenvalue weighted by molar-refractivity contribution is -0.116. The fourth-order valence-corrected chi connectivity index (χ4v) is 2.32. The molecular weight excluding hydrogens is 264 g/mol. The molecule has 0 aliphatic rings. The van der Waals surface area contributed by atoms with Gasteiger partial charge in [0.25, 0.3) is 0 Å². The van der Waals surface area contributed by atoms with Crippen LogP contribution in [0.2, 0.25) is 0 Å². The molecule has 2 rings (SSSR count). The van der Waals surface area contributed by atoms with Crippen LogP contribution < -0.4 is 0 Å². The van der Waals surface area contributed by atoms with Crippen molar-refractivity contribution in [1.29, 1.82) is 0 Å². The number of methoxy groups -OCH3 is 1.